The van der Waals surface area contributed by atoms with Crippen LogP contribution in [0.2, 0.25) is 10.0 Å². The monoisotopic (exact) mass is 477 g/mol. The summed E-state index contributed by atoms with van der Waals surface area (Å²) >= 11 is 12.3. The number of amides is 1. The van der Waals surface area contributed by atoms with Crippen molar-refractivity contribution in [3.05, 3.63) is 46.2 Å². The third-order valence-corrected chi connectivity index (χ3v) is 6.05. The fraction of sp³-hybridized carbons (Fsp3) is 0.435. The first-order valence-electron chi connectivity index (χ1n) is 10.6. The van der Waals surface area contributed by atoms with E-state index in [-0.39, 0.29) is 28.7 Å². The summed E-state index contributed by atoms with van der Waals surface area (Å²) in [6.07, 6.45) is 7.98. The van der Waals surface area contributed by atoms with E-state index in [1.165, 1.54) is 12.4 Å². The van der Waals surface area contributed by atoms with E-state index in [9.17, 15) is 4.79 Å². The molecule has 2 heterocycles. The Hall–Kier alpha value is -2.51. The molecule has 0 bridgehead atoms. The Morgan fingerprint density at radius 3 is 2.59 bits per heavy atom. The van der Waals surface area contributed by atoms with Crippen molar-refractivity contribution in [2.45, 2.75) is 57.7 Å². The quantitative estimate of drug-likeness (QED) is 0.536. The Balaban J connectivity index is 1.55. The molecule has 1 atom stereocenters. The maximum absolute atomic E-state index is 12.9. The molecule has 1 N–H and O–H groups in total. The predicted octanol–water partition coefficient (Wildman–Crippen LogP) is 5.90. The van der Waals surface area contributed by atoms with E-state index >= 15 is 0 Å². The molecule has 1 amide bonds. The minimum absolute atomic E-state index is 0.148. The van der Waals surface area contributed by atoms with Crippen molar-refractivity contribution in [3.8, 4) is 11.5 Å². The van der Waals surface area contributed by atoms with E-state index in [0.29, 0.717) is 29.2 Å². The van der Waals surface area contributed by atoms with E-state index in [2.05, 4.69) is 15.5 Å². The molecule has 1 saturated carbocycles. The molecule has 2 aliphatic rings. The number of ether oxygens (including phenoxy) is 2. The zero-order valence-corrected chi connectivity index (χ0v) is 19.5. The van der Waals surface area contributed by atoms with Gasteiger partial charge in [-0.15, -0.1) is 0 Å². The van der Waals surface area contributed by atoms with Gasteiger partial charge in [0.2, 0.25) is 0 Å². The molecular weight excluding hydrogens is 453 g/mol. The van der Waals surface area contributed by atoms with Crippen LogP contribution in [0.5, 0.6) is 11.5 Å². The molecule has 1 aromatic heterocycles. The number of halogens is 2. The molecule has 2 aromatic rings. The van der Waals surface area contributed by atoms with Gasteiger partial charge >= 0.3 is 0 Å². The van der Waals surface area contributed by atoms with Gasteiger partial charge in [-0.05, 0) is 57.7 Å². The molecule has 4 rings (SSSR count). The summed E-state index contributed by atoms with van der Waals surface area (Å²) in [6, 6.07) is 5.11. The lowest BCUT2D eigenvalue weighted by Gasteiger charge is -2.23. The first-order chi connectivity index (χ1) is 15.3. The molecule has 1 fully saturated rings. The van der Waals surface area contributed by atoms with E-state index in [0.717, 1.165) is 31.4 Å². The Labute approximate surface area is 197 Å². The number of hydrogen-bond donors (Lipinski definition) is 1. The van der Waals surface area contributed by atoms with Gasteiger partial charge in [0.05, 0.1) is 27.5 Å². The predicted molar refractivity (Wildman–Crippen MR) is 124 cm³/mol. The largest absolute Gasteiger partial charge is 0.487 e. The van der Waals surface area contributed by atoms with Crippen molar-refractivity contribution in [2.75, 3.05) is 11.9 Å². The molecule has 0 radical (unpaired) electrons. The lowest BCUT2D eigenvalue weighted by molar-refractivity contribution is -0.0363. The number of anilines is 1. The summed E-state index contributed by atoms with van der Waals surface area (Å²) in [5.41, 5.74) is 1.04. The molecule has 170 valence electrons. The Morgan fingerprint density at radius 1 is 1.22 bits per heavy atom. The molecule has 1 aliphatic carbocycles. The topological polar surface area (TPSA) is 82.0 Å². The smallest absolute Gasteiger partial charge is 0.255 e. The minimum Gasteiger partial charge on any atom is -0.487 e. The molecule has 1 aliphatic heterocycles. The minimum atomic E-state index is -0.564. The van der Waals surface area contributed by atoms with Crippen LogP contribution >= 0.6 is 23.2 Å². The lowest BCUT2D eigenvalue weighted by atomic mass is 10.0. The van der Waals surface area contributed by atoms with E-state index in [1.807, 2.05) is 13.8 Å². The van der Waals surface area contributed by atoms with Gasteiger partial charge in [-0.1, -0.05) is 28.4 Å². The van der Waals surface area contributed by atoms with Crippen LogP contribution < -0.4 is 14.8 Å². The highest BCUT2D eigenvalue weighted by Crippen LogP contribution is 2.35. The van der Waals surface area contributed by atoms with Crippen LogP contribution in [-0.4, -0.2) is 34.9 Å². The molecule has 7 nitrogen and oxygen atoms in total. The standard InChI is InChI=1S/C23H25Cl2N3O4/c1-14-10-23(2,32-28-14)13-30-20-9-15(7-8-19(20)31-16-5-3-4-6-16)22(29)27-21-17(24)11-26-12-18(21)25/h7-9,11-12,16H,3-6,10,13H2,1-2H3,(H,26,27,29). The van der Waals surface area contributed by atoms with Crippen molar-refractivity contribution in [1.29, 1.82) is 0 Å². The Morgan fingerprint density at radius 2 is 1.94 bits per heavy atom. The normalized spacial score (nSPS) is 20.6. The number of nitrogens with one attached hydrogen (secondary N) is 1. The number of benzene rings is 1. The lowest BCUT2D eigenvalue weighted by Crippen LogP contribution is -2.32. The van der Waals surface area contributed by atoms with Crippen molar-refractivity contribution < 1.29 is 19.1 Å². The van der Waals surface area contributed by atoms with Gasteiger partial charge in [0, 0.05) is 24.4 Å². The van der Waals surface area contributed by atoms with Gasteiger partial charge in [-0.3, -0.25) is 9.78 Å². The Kier molecular flexibility index (Phi) is 6.76. The van der Waals surface area contributed by atoms with Gasteiger partial charge in [-0.2, -0.15) is 0 Å². The second-order valence-electron chi connectivity index (χ2n) is 8.45. The van der Waals surface area contributed by atoms with E-state index in [1.54, 1.807) is 18.2 Å². The number of oxime groups is 1. The maximum Gasteiger partial charge on any atom is 0.255 e. The summed E-state index contributed by atoms with van der Waals surface area (Å²) in [5.74, 6) is 0.707. The van der Waals surface area contributed by atoms with Crippen LogP contribution in [0, 0.1) is 0 Å². The fourth-order valence-corrected chi connectivity index (χ4v) is 4.32. The van der Waals surface area contributed by atoms with Crippen LogP contribution in [-0.2, 0) is 4.84 Å². The highest BCUT2D eigenvalue weighted by Gasteiger charge is 2.34. The van der Waals surface area contributed by atoms with Crippen LogP contribution in [0.3, 0.4) is 0 Å². The van der Waals surface area contributed by atoms with E-state index in [4.69, 9.17) is 37.5 Å². The first kappa shape index (κ1) is 22.7. The summed E-state index contributed by atoms with van der Waals surface area (Å²) < 4.78 is 12.3. The zero-order valence-electron chi connectivity index (χ0n) is 18.0. The third-order valence-electron chi connectivity index (χ3n) is 5.48. The molecule has 1 unspecified atom stereocenters. The van der Waals surface area contributed by atoms with Gasteiger partial charge in [0.25, 0.3) is 5.91 Å². The number of pyridine rings is 1. The third kappa shape index (κ3) is 5.27. The van der Waals surface area contributed by atoms with Gasteiger partial charge < -0.3 is 19.6 Å². The van der Waals surface area contributed by atoms with Gasteiger partial charge in [-0.25, -0.2) is 0 Å². The highest BCUT2D eigenvalue weighted by molar-refractivity contribution is 6.39. The van der Waals surface area contributed by atoms with Crippen LogP contribution in [0.1, 0.15) is 56.3 Å². The Bertz CT molecular complexity index is 1020. The second kappa shape index (κ2) is 9.55. The van der Waals surface area contributed by atoms with Crippen molar-refractivity contribution in [3.63, 3.8) is 0 Å². The molecule has 32 heavy (non-hydrogen) atoms. The number of carbonyl (C=O) groups is 1. The van der Waals surface area contributed by atoms with Crippen LogP contribution in [0.25, 0.3) is 0 Å². The number of aromatic nitrogens is 1. The maximum atomic E-state index is 12.9. The van der Waals surface area contributed by atoms with Crippen molar-refractivity contribution in [1.82, 2.24) is 4.98 Å². The molecule has 9 heteroatoms. The average Bonchev–Trinajstić information content (AvgIpc) is 3.39. The summed E-state index contributed by atoms with van der Waals surface area (Å²) in [5, 5.41) is 7.28. The van der Waals surface area contributed by atoms with Crippen LogP contribution in [0.4, 0.5) is 5.69 Å². The number of hydrogen-bond acceptors (Lipinski definition) is 6. The molecular formula is C23H25Cl2N3O4. The van der Waals surface area contributed by atoms with Gasteiger partial charge in [0.1, 0.15) is 6.61 Å². The number of rotatable bonds is 7. The number of carbonyl (C=O) groups excluding carboxylic acids is 1. The highest BCUT2D eigenvalue weighted by atomic mass is 35.5. The summed E-state index contributed by atoms with van der Waals surface area (Å²) in [7, 11) is 0. The molecule has 0 spiro atoms. The zero-order chi connectivity index (χ0) is 22.7. The van der Waals surface area contributed by atoms with Crippen molar-refractivity contribution >= 4 is 40.5 Å². The molecule has 1 aromatic carbocycles. The van der Waals surface area contributed by atoms with Gasteiger partial charge in [0.15, 0.2) is 17.1 Å². The SMILES string of the molecule is CC1=NOC(C)(COc2cc(C(=O)Nc3c(Cl)cncc3Cl)ccc2OC2CCCC2)C1. The fourth-order valence-electron chi connectivity index (χ4n) is 3.86. The van der Waals surface area contributed by atoms with Crippen LogP contribution in [0.15, 0.2) is 35.7 Å². The summed E-state index contributed by atoms with van der Waals surface area (Å²) in [4.78, 5) is 22.3. The second-order valence-corrected chi connectivity index (χ2v) is 9.27. The average molecular weight is 478 g/mol. The molecule has 0 saturated heterocycles. The number of nitrogens with zero attached hydrogens (tertiary/aromatic N) is 2. The first-order valence-corrected chi connectivity index (χ1v) is 11.3. The van der Waals surface area contributed by atoms with Crippen molar-refractivity contribution in [2.24, 2.45) is 5.16 Å². The summed E-state index contributed by atoms with van der Waals surface area (Å²) in [6.45, 7) is 4.12. The van der Waals surface area contributed by atoms with E-state index < -0.39 is 5.60 Å².